The Labute approximate surface area is 125 Å². The number of hydrogen-bond donors (Lipinski definition) is 3. The maximum atomic E-state index is 11.9. The van der Waals surface area contributed by atoms with Crippen molar-refractivity contribution in [1.82, 2.24) is 15.5 Å². The van der Waals surface area contributed by atoms with Crippen molar-refractivity contribution in [3.8, 4) is 0 Å². The number of nitrogens with zero attached hydrogens (tertiary/aromatic N) is 1. The third-order valence-corrected chi connectivity index (χ3v) is 4.57. The molecular formula is C14H25N3O4. The molecule has 3 N–H and O–H groups in total. The molecule has 2 heterocycles. The molecule has 0 aliphatic carbocycles. The molecule has 7 nitrogen and oxygen atoms in total. The first-order valence-electron chi connectivity index (χ1n) is 7.53. The van der Waals surface area contributed by atoms with Gasteiger partial charge in [-0.25, -0.2) is 4.79 Å². The van der Waals surface area contributed by atoms with E-state index in [4.69, 9.17) is 4.74 Å². The van der Waals surface area contributed by atoms with Crippen LogP contribution in [0.5, 0.6) is 0 Å². The van der Waals surface area contributed by atoms with Crippen molar-refractivity contribution in [1.29, 1.82) is 0 Å². The first-order chi connectivity index (χ1) is 9.93. The van der Waals surface area contributed by atoms with Crippen molar-refractivity contribution in [2.24, 2.45) is 5.41 Å². The highest BCUT2D eigenvalue weighted by atomic mass is 16.5. The zero-order chi connectivity index (χ0) is 15.5. The summed E-state index contributed by atoms with van der Waals surface area (Å²) >= 11 is 0. The van der Waals surface area contributed by atoms with Crippen LogP contribution < -0.4 is 10.6 Å². The summed E-state index contributed by atoms with van der Waals surface area (Å²) < 4.78 is 5.21. The quantitative estimate of drug-likeness (QED) is 0.677. The highest BCUT2D eigenvalue weighted by Crippen LogP contribution is 2.28. The van der Waals surface area contributed by atoms with Crippen LogP contribution in [0.4, 0.5) is 4.79 Å². The van der Waals surface area contributed by atoms with Gasteiger partial charge in [0.15, 0.2) is 0 Å². The van der Waals surface area contributed by atoms with Gasteiger partial charge in [0.05, 0.1) is 19.3 Å². The maximum absolute atomic E-state index is 11.9. The van der Waals surface area contributed by atoms with Crippen molar-refractivity contribution in [2.75, 3.05) is 32.8 Å². The Morgan fingerprint density at radius 3 is 2.71 bits per heavy atom. The molecule has 7 heteroatoms. The second-order valence-corrected chi connectivity index (χ2v) is 6.24. The monoisotopic (exact) mass is 299 g/mol. The Kier molecular flexibility index (Phi) is 5.05. The van der Waals surface area contributed by atoms with E-state index in [9.17, 15) is 14.7 Å². The van der Waals surface area contributed by atoms with Gasteiger partial charge in [-0.15, -0.1) is 0 Å². The Hall–Kier alpha value is -1.34. The summed E-state index contributed by atoms with van der Waals surface area (Å²) in [5.41, 5.74) is -1.06. The van der Waals surface area contributed by atoms with E-state index >= 15 is 0 Å². The second kappa shape index (κ2) is 6.62. The van der Waals surface area contributed by atoms with Crippen LogP contribution >= 0.6 is 0 Å². The smallest absolute Gasteiger partial charge is 0.315 e. The van der Waals surface area contributed by atoms with Gasteiger partial charge in [0.25, 0.3) is 0 Å². The minimum atomic E-state index is -1.06. The lowest BCUT2D eigenvalue weighted by molar-refractivity contribution is -0.148. The number of hydrogen-bond acceptors (Lipinski definition) is 4. The van der Waals surface area contributed by atoms with Crippen LogP contribution in [0.25, 0.3) is 0 Å². The van der Waals surface area contributed by atoms with Gasteiger partial charge >= 0.3 is 12.0 Å². The molecule has 2 aliphatic heterocycles. The van der Waals surface area contributed by atoms with Crippen LogP contribution in [0, 0.1) is 5.41 Å². The molecule has 2 amide bonds. The fourth-order valence-electron chi connectivity index (χ4n) is 2.85. The standard InChI is InChI=1S/C14H25N3O4/c1-10(17-5-3-4-6-17)7-15-13(20)16-11-8-21-9-14(11,2)12(18)19/h10-11H,3-9H2,1-2H3,(H,18,19)(H2,15,16,20). The van der Waals surface area contributed by atoms with Crippen LogP contribution in [0.3, 0.4) is 0 Å². The van der Waals surface area contributed by atoms with Gasteiger partial charge in [-0.1, -0.05) is 0 Å². The van der Waals surface area contributed by atoms with Crippen molar-refractivity contribution < 1.29 is 19.4 Å². The Morgan fingerprint density at radius 1 is 1.43 bits per heavy atom. The van der Waals surface area contributed by atoms with Crippen LogP contribution in [-0.4, -0.2) is 66.9 Å². The number of urea groups is 1. The third kappa shape index (κ3) is 3.65. The molecule has 0 aromatic rings. The van der Waals surface area contributed by atoms with Gasteiger partial charge in [-0.3, -0.25) is 9.69 Å². The number of ether oxygens (including phenoxy) is 1. The molecule has 0 aromatic carbocycles. The van der Waals surface area contributed by atoms with Crippen LogP contribution in [0.2, 0.25) is 0 Å². The summed E-state index contributed by atoms with van der Waals surface area (Å²) in [6.45, 7) is 6.76. The molecule has 0 saturated carbocycles. The number of likely N-dealkylation sites (tertiary alicyclic amines) is 1. The van der Waals surface area contributed by atoms with Gasteiger partial charge in [-0.2, -0.15) is 0 Å². The maximum Gasteiger partial charge on any atom is 0.315 e. The van der Waals surface area contributed by atoms with E-state index in [0.717, 1.165) is 13.1 Å². The van der Waals surface area contributed by atoms with Crippen LogP contribution in [0.1, 0.15) is 26.7 Å². The van der Waals surface area contributed by atoms with E-state index in [1.54, 1.807) is 6.92 Å². The largest absolute Gasteiger partial charge is 0.481 e. The van der Waals surface area contributed by atoms with Gasteiger partial charge in [-0.05, 0) is 39.8 Å². The zero-order valence-corrected chi connectivity index (χ0v) is 12.7. The lowest BCUT2D eigenvalue weighted by Crippen LogP contribution is -2.53. The minimum absolute atomic E-state index is 0.122. The molecule has 0 spiro atoms. The number of carboxylic acids is 1. The van der Waals surface area contributed by atoms with Gasteiger partial charge in [0.1, 0.15) is 5.41 Å². The molecule has 0 radical (unpaired) electrons. The van der Waals surface area contributed by atoms with Crippen LogP contribution in [0.15, 0.2) is 0 Å². The Morgan fingerprint density at radius 2 is 2.10 bits per heavy atom. The fourth-order valence-corrected chi connectivity index (χ4v) is 2.85. The van der Waals surface area contributed by atoms with Crippen molar-refractivity contribution in [2.45, 2.75) is 38.8 Å². The van der Waals surface area contributed by atoms with Gasteiger partial charge < -0.3 is 20.5 Å². The van der Waals surface area contributed by atoms with E-state index in [1.165, 1.54) is 12.8 Å². The van der Waals surface area contributed by atoms with E-state index in [1.807, 2.05) is 0 Å². The molecule has 2 aliphatic rings. The first kappa shape index (κ1) is 16.0. The SMILES string of the molecule is CC(CNC(=O)NC1COCC1(C)C(=O)O)N1CCCC1. The van der Waals surface area contributed by atoms with Crippen molar-refractivity contribution >= 4 is 12.0 Å². The summed E-state index contributed by atoms with van der Waals surface area (Å²) in [6, 6.07) is -0.537. The second-order valence-electron chi connectivity index (χ2n) is 6.24. The number of amides is 2. The molecule has 21 heavy (non-hydrogen) atoms. The zero-order valence-electron chi connectivity index (χ0n) is 12.7. The number of carbonyl (C=O) groups is 2. The summed E-state index contributed by atoms with van der Waals surface area (Å²) in [5, 5.41) is 14.8. The summed E-state index contributed by atoms with van der Waals surface area (Å²) in [5.74, 6) is -0.948. The minimum Gasteiger partial charge on any atom is -0.481 e. The first-order valence-corrected chi connectivity index (χ1v) is 7.53. The normalized spacial score (nSPS) is 31.0. The molecular weight excluding hydrogens is 274 g/mol. The average Bonchev–Trinajstić information content (AvgIpc) is 3.07. The molecule has 2 fully saturated rings. The summed E-state index contributed by atoms with van der Waals surface area (Å²) in [6.07, 6.45) is 2.43. The van der Waals surface area contributed by atoms with Gasteiger partial charge in [0.2, 0.25) is 0 Å². The van der Waals surface area contributed by atoms with E-state index in [0.29, 0.717) is 12.6 Å². The number of aliphatic carboxylic acids is 1. The molecule has 120 valence electrons. The lowest BCUT2D eigenvalue weighted by Gasteiger charge is -2.27. The van der Waals surface area contributed by atoms with Crippen molar-refractivity contribution in [3.63, 3.8) is 0 Å². The van der Waals surface area contributed by atoms with E-state index < -0.39 is 17.4 Å². The highest BCUT2D eigenvalue weighted by molar-refractivity contribution is 5.79. The number of rotatable bonds is 5. The van der Waals surface area contributed by atoms with Crippen LogP contribution in [-0.2, 0) is 9.53 Å². The van der Waals surface area contributed by atoms with Gasteiger partial charge in [0, 0.05) is 12.6 Å². The van der Waals surface area contributed by atoms with E-state index in [2.05, 4.69) is 22.5 Å². The topological polar surface area (TPSA) is 90.9 Å². The molecule has 0 bridgehead atoms. The molecule has 2 rings (SSSR count). The predicted octanol–water partition coefficient (Wildman–Crippen LogP) is 0.260. The summed E-state index contributed by atoms with van der Waals surface area (Å²) in [7, 11) is 0. The van der Waals surface area contributed by atoms with E-state index in [-0.39, 0.29) is 19.2 Å². The fraction of sp³-hybridized carbons (Fsp3) is 0.857. The van der Waals surface area contributed by atoms with Crippen molar-refractivity contribution in [3.05, 3.63) is 0 Å². The number of carboxylic acid groups (broad SMARTS) is 1. The molecule has 3 atom stereocenters. The average molecular weight is 299 g/mol. The molecule has 2 saturated heterocycles. The summed E-state index contributed by atoms with van der Waals surface area (Å²) in [4.78, 5) is 25.6. The molecule has 3 unspecified atom stereocenters. The molecule has 0 aromatic heterocycles. The Bertz CT molecular complexity index is 398. The predicted molar refractivity (Wildman–Crippen MR) is 77.2 cm³/mol. The number of carbonyl (C=O) groups excluding carboxylic acids is 1. The third-order valence-electron chi connectivity index (χ3n) is 4.57. The number of nitrogens with one attached hydrogen (secondary N) is 2. The lowest BCUT2D eigenvalue weighted by atomic mass is 9.85. The Balaban J connectivity index is 1.77. The highest BCUT2D eigenvalue weighted by Gasteiger charge is 2.47.